The number of rotatable bonds is 8. The Bertz CT molecular complexity index is 493. The number of hydrogen-bond donors (Lipinski definition) is 2. The van der Waals surface area contributed by atoms with Gasteiger partial charge in [-0.25, -0.2) is 0 Å². The van der Waals surface area contributed by atoms with E-state index in [9.17, 15) is 9.90 Å². The van der Waals surface area contributed by atoms with Gasteiger partial charge in [-0.3, -0.25) is 9.69 Å². The smallest absolute Gasteiger partial charge is 0.251 e. The summed E-state index contributed by atoms with van der Waals surface area (Å²) in [6.07, 6.45) is 2.99. The third-order valence-electron chi connectivity index (χ3n) is 4.35. The predicted molar refractivity (Wildman–Crippen MR) is 95.1 cm³/mol. The van der Waals surface area contributed by atoms with Crippen molar-refractivity contribution in [1.82, 2.24) is 10.2 Å². The van der Waals surface area contributed by atoms with E-state index in [0.717, 1.165) is 19.4 Å². The van der Waals surface area contributed by atoms with E-state index >= 15 is 0 Å². The molecule has 0 bridgehead atoms. The molecule has 0 saturated carbocycles. The number of hydrogen-bond acceptors (Lipinski definition) is 4. The molecular weight excluding hydrogens is 304 g/mol. The van der Waals surface area contributed by atoms with Crippen LogP contribution >= 0.6 is 0 Å². The lowest BCUT2D eigenvalue weighted by Gasteiger charge is -2.37. The van der Waals surface area contributed by atoms with Crippen LogP contribution in [0.4, 0.5) is 0 Å². The van der Waals surface area contributed by atoms with Gasteiger partial charge in [-0.15, -0.1) is 0 Å². The largest absolute Gasteiger partial charge is 0.389 e. The number of benzene rings is 1. The summed E-state index contributed by atoms with van der Waals surface area (Å²) in [5, 5.41) is 13.2. The second kappa shape index (κ2) is 9.77. The molecule has 1 aromatic rings. The van der Waals surface area contributed by atoms with Gasteiger partial charge < -0.3 is 15.2 Å². The second-order valence-electron chi connectivity index (χ2n) is 6.76. The standard InChI is InChI=1S/C19H30N2O3/c1-15(2)24-14-18(22)13-21-11-7-6-10-17(21)12-20-19(23)16-8-4-3-5-9-16/h3-5,8-9,15,17-18,22H,6-7,10-14H2,1-2H3,(H,20,23). The second-order valence-corrected chi connectivity index (χ2v) is 6.76. The number of nitrogens with zero attached hydrogens (tertiary/aromatic N) is 1. The number of amides is 1. The molecule has 134 valence electrons. The van der Waals surface area contributed by atoms with Crippen molar-refractivity contribution in [3.63, 3.8) is 0 Å². The summed E-state index contributed by atoms with van der Waals surface area (Å²) >= 11 is 0. The lowest BCUT2D eigenvalue weighted by Crippen LogP contribution is -2.49. The first-order valence-corrected chi connectivity index (χ1v) is 8.93. The maximum atomic E-state index is 12.2. The molecule has 1 heterocycles. The minimum Gasteiger partial charge on any atom is -0.389 e. The van der Waals surface area contributed by atoms with Crippen LogP contribution in [-0.4, -0.2) is 60.4 Å². The Kier molecular flexibility index (Phi) is 7.69. The van der Waals surface area contributed by atoms with Crippen molar-refractivity contribution in [2.75, 3.05) is 26.2 Å². The molecule has 2 N–H and O–H groups in total. The monoisotopic (exact) mass is 334 g/mol. The molecule has 5 heteroatoms. The Morgan fingerprint density at radius 3 is 2.79 bits per heavy atom. The van der Waals surface area contributed by atoms with E-state index in [4.69, 9.17) is 4.74 Å². The van der Waals surface area contributed by atoms with Gasteiger partial charge in [0.15, 0.2) is 0 Å². The molecule has 0 aromatic heterocycles. The zero-order valence-corrected chi connectivity index (χ0v) is 14.8. The molecular formula is C19H30N2O3. The summed E-state index contributed by atoms with van der Waals surface area (Å²) in [6, 6.07) is 9.56. The van der Waals surface area contributed by atoms with Crippen molar-refractivity contribution in [2.45, 2.75) is 51.4 Å². The Morgan fingerprint density at radius 2 is 2.08 bits per heavy atom. The quantitative estimate of drug-likeness (QED) is 0.764. The van der Waals surface area contributed by atoms with Crippen molar-refractivity contribution in [2.24, 2.45) is 0 Å². The average Bonchev–Trinajstić information content (AvgIpc) is 2.59. The summed E-state index contributed by atoms with van der Waals surface area (Å²) in [5.74, 6) is -0.0372. The zero-order chi connectivity index (χ0) is 17.4. The van der Waals surface area contributed by atoms with Gasteiger partial charge >= 0.3 is 0 Å². The van der Waals surface area contributed by atoms with Gasteiger partial charge in [-0.1, -0.05) is 24.6 Å². The highest BCUT2D eigenvalue weighted by molar-refractivity contribution is 5.94. The molecule has 1 saturated heterocycles. The third-order valence-corrected chi connectivity index (χ3v) is 4.35. The Labute approximate surface area is 145 Å². The Balaban J connectivity index is 1.81. The van der Waals surface area contributed by atoms with Crippen LogP contribution < -0.4 is 5.32 Å². The highest BCUT2D eigenvalue weighted by Crippen LogP contribution is 2.17. The van der Waals surface area contributed by atoms with E-state index in [0.29, 0.717) is 25.3 Å². The predicted octanol–water partition coefficient (Wildman–Crippen LogP) is 2.06. The summed E-state index contributed by atoms with van der Waals surface area (Å²) in [5.41, 5.74) is 0.685. The molecule has 5 nitrogen and oxygen atoms in total. The molecule has 1 aliphatic heterocycles. The maximum absolute atomic E-state index is 12.2. The first kappa shape index (κ1) is 18.9. The van der Waals surface area contributed by atoms with Crippen LogP contribution in [0.3, 0.4) is 0 Å². The van der Waals surface area contributed by atoms with Crippen LogP contribution in [0.5, 0.6) is 0 Å². The minimum absolute atomic E-state index is 0.0372. The van der Waals surface area contributed by atoms with E-state index in [1.807, 2.05) is 44.2 Å². The average molecular weight is 334 g/mol. The lowest BCUT2D eigenvalue weighted by atomic mass is 10.0. The molecule has 1 amide bonds. The zero-order valence-electron chi connectivity index (χ0n) is 14.8. The normalized spacial score (nSPS) is 20.1. The Hall–Kier alpha value is -1.43. The SMILES string of the molecule is CC(C)OCC(O)CN1CCCCC1CNC(=O)c1ccccc1. The number of nitrogens with one attached hydrogen (secondary N) is 1. The lowest BCUT2D eigenvalue weighted by molar-refractivity contribution is -0.0182. The number of carbonyl (C=O) groups is 1. The van der Waals surface area contributed by atoms with Crippen LogP contribution in [0.2, 0.25) is 0 Å². The molecule has 24 heavy (non-hydrogen) atoms. The van der Waals surface area contributed by atoms with E-state index in [-0.39, 0.29) is 18.1 Å². The van der Waals surface area contributed by atoms with E-state index in [1.54, 1.807) is 0 Å². The van der Waals surface area contributed by atoms with Crippen molar-refractivity contribution in [3.05, 3.63) is 35.9 Å². The molecule has 0 spiro atoms. The number of ether oxygens (including phenoxy) is 1. The van der Waals surface area contributed by atoms with Crippen LogP contribution in [0.15, 0.2) is 30.3 Å². The molecule has 2 unspecified atom stereocenters. The van der Waals surface area contributed by atoms with E-state index < -0.39 is 6.10 Å². The number of β-amino-alcohol motifs (C(OH)–C–C–N with tert-alkyl or cyclic N) is 1. The summed E-state index contributed by atoms with van der Waals surface area (Å²) < 4.78 is 5.49. The highest BCUT2D eigenvalue weighted by Gasteiger charge is 2.25. The van der Waals surface area contributed by atoms with Gasteiger partial charge in [0.25, 0.3) is 5.91 Å². The van der Waals surface area contributed by atoms with Gasteiger partial charge in [-0.05, 0) is 45.4 Å². The van der Waals surface area contributed by atoms with Crippen LogP contribution in [0, 0.1) is 0 Å². The van der Waals surface area contributed by atoms with Gasteiger partial charge in [0.2, 0.25) is 0 Å². The first-order valence-electron chi connectivity index (χ1n) is 8.93. The highest BCUT2D eigenvalue weighted by atomic mass is 16.5. The fourth-order valence-corrected chi connectivity index (χ4v) is 3.06. The van der Waals surface area contributed by atoms with Crippen molar-refractivity contribution >= 4 is 5.91 Å². The molecule has 2 rings (SSSR count). The molecule has 1 fully saturated rings. The fourth-order valence-electron chi connectivity index (χ4n) is 3.06. The number of aliphatic hydroxyl groups is 1. The van der Waals surface area contributed by atoms with Gasteiger partial charge in [-0.2, -0.15) is 0 Å². The molecule has 0 radical (unpaired) electrons. The fraction of sp³-hybridized carbons (Fsp3) is 0.632. The molecule has 0 aliphatic carbocycles. The van der Waals surface area contributed by atoms with Crippen LogP contribution in [0.25, 0.3) is 0 Å². The van der Waals surface area contributed by atoms with Crippen LogP contribution in [-0.2, 0) is 4.74 Å². The number of aliphatic hydroxyl groups excluding tert-OH is 1. The van der Waals surface area contributed by atoms with Gasteiger partial charge in [0, 0.05) is 24.7 Å². The van der Waals surface area contributed by atoms with Crippen LogP contribution in [0.1, 0.15) is 43.5 Å². The van der Waals surface area contributed by atoms with E-state index in [2.05, 4.69) is 10.2 Å². The summed E-state index contributed by atoms with van der Waals surface area (Å²) in [4.78, 5) is 14.5. The summed E-state index contributed by atoms with van der Waals surface area (Å²) in [6.45, 7) is 6.47. The maximum Gasteiger partial charge on any atom is 0.251 e. The molecule has 2 atom stereocenters. The Morgan fingerprint density at radius 1 is 1.33 bits per heavy atom. The third kappa shape index (κ3) is 6.23. The van der Waals surface area contributed by atoms with Crippen molar-refractivity contribution < 1.29 is 14.6 Å². The van der Waals surface area contributed by atoms with Gasteiger partial charge in [0.05, 0.1) is 18.8 Å². The number of piperidine rings is 1. The molecule has 1 aromatic carbocycles. The minimum atomic E-state index is -0.488. The number of carbonyl (C=O) groups excluding carboxylic acids is 1. The number of likely N-dealkylation sites (tertiary alicyclic amines) is 1. The topological polar surface area (TPSA) is 61.8 Å². The summed E-state index contributed by atoms with van der Waals surface area (Å²) in [7, 11) is 0. The van der Waals surface area contributed by atoms with Gasteiger partial charge in [0.1, 0.15) is 0 Å². The van der Waals surface area contributed by atoms with Crippen molar-refractivity contribution in [1.29, 1.82) is 0 Å². The van der Waals surface area contributed by atoms with E-state index in [1.165, 1.54) is 6.42 Å². The molecule has 1 aliphatic rings. The first-order chi connectivity index (χ1) is 11.6. The van der Waals surface area contributed by atoms with Crippen molar-refractivity contribution in [3.8, 4) is 0 Å².